The molecule has 0 aromatic carbocycles. The van der Waals surface area contributed by atoms with Gasteiger partial charge in [-0.05, 0) is 19.9 Å². The Bertz CT molecular complexity index is 213. The van der Waals surface area contributed by atoms with Crippen LogP contribution in [0, 0.1) is 0 Å². The number of rotatable bonds is 4. The summed E-state index contributed by atoms with van der Waals surface area (Å²) in [5.41, 5.74) is 1.01. The number of nitrogens with zero attached hydrogens (tertiary/aromatic N) is 1. The summed E-state index contributed by atoms with van der Waals surface area (Å²) in [5, 5.41) is 3.20. The lowest BCUT2D eigenvalue weighted by Crippen LogP contribution is -2.01. The molecule has 12 heavy (non-hydrogen) atoms. The lowest BCUT2D eigenvalue weighted by atomic mass is 10.4. The number of aromatic nitrogens is 1. The van der Waals surface area contributed by atoms with Crippen molar-refractivity contribution in [2.45, 2.75) is 13.8 Å². The zero-order chi connectivity index (χ0) is 8.81. The van der Waals surface area contributed by atoms with Gasteiger partial charge >= 0.3 is 0 Å². The van der Waals surface area contributed by atoms with E-state index in [1.165, 1.54) is 0 Å². The molecular formula is C9H14N2O. The largest absolute Gasteiger partial charge is 0.490 e. The van der Waals surface area contributed by atoms with E-state index in [0.717, 1.165) is 18.0 Å². The minimum absolute atomic E-state index is 0.671. The van der Waals surface area contributed by atoms with Gasteiger partial charge in [0.15, 0.2) is 5.75 Å². The molecule has 0 saturated heterocycles. The van der Waals surface area contributed by atoms with E-state index in [4.69, 9.17) is 4.74 Å². The number of pyridine rings is 1. The molecule has 0 fully saturated rings. The Kier molecular flexibility index (Phi) is 3.38. The third-order valence-corrected chi connectivity index (χ3v) is 1.45. The molecule has 1 aromatic rings. The predicted octanol–water partition coefficient (Wildman–Crippen LogP) is 1.91. The van der Waals surface area contributed by atoms with Crippen LogP contribution in [0.5, 0.6) is 5.75 Å². The molecule has 0 aliphatic heterocycles. The van der Waals surface area contributed by atoms with Crippen LogP contribution in [0.4, 0.5) is 5.69 Å². The lowest BCUT2D eigenvalue weighted by Gasteiger charge is -2.09. The number of ether oxygens (including phenoxy) is 1. The van der Waals surface area contributed by atoms with E-state index in [1.54, 1.807) is 12.4 Å². The van der Waals surface area contributed by atoms with Crippen LogP contribution in [-0.4, -0.2) is 18.1 Å². The van der Waals surface area contributed by atoms with Crippen molar-refractivity contribution >= 4 is 5.69 Å². The van der Waals surface area contributed by atoms with Crippen molar-refractivity contribution in [1.29, 1.82) is 0 Å². The zero-order valence-corrected chi connectivity index (χ0v) is 7.50. The minimum Gasteiger partial charge on any atom is -0.490 e. The topological polar surface area (TPSA) is 34.2 Å². The highest BCUT2D eigenvalue weighted by Gasteiger charge is 1.99. The van der Waals surface area contributed by atoms with Gasteiger partial charge in [0.25, 0.3) is 0 Å². The van der Waals surface area contributed by atoms with Gasteiger partial charge in [-0.25, -0.2) is 0 Å². The molecule has 3 heteroatoms. The molecule has 1 rings (SSSR count). The molecule has 1 heterocycles. The lowest BCUT2D eigenvalue weighted by molar-refractivity contribution is 0.340. The van der Waals surface area contributed by atoms with Crippen molar-refractivity contribution in [3.8, 4) is 5.75 Å². The Morgan fingerprint density at radius 3 is 3.00 bits per heavy atom. The van der Waals surface area contributed by atoms with E-state index in [-0.39, 0.29) is 0 Å². The monoisotopic (exact) mass is 166 g/mol. The maximum Gasteiger partial charge on any atom is 0.160 e. The number of hydrogen-bond acceptors (Lipinski definition) is 3. The molecular weight excluding hydrogens is 152 g/mol. The van der Waals surface area contributed by atoms with Crippen LogP contribution in [0.25, 0.3) is 0 Å². The first-order chi connectivity index (χ1) is 5.88. The van der Waals surface area contributed by atoms with Crippen molar-refractivity contribution in [3.63, 3.8) is 0 Å². The fourth-order valence-corrected chi connectivity index (χ4v) is 0.987. The Morgan fingerprint density at radius 2 is 2.33 bits per heavy atom. The van der Waals surface area contributed by atoms with Gasteiger partial charge in [-0.1, -0.05) is 0 Å². The number of nitrogens with one attached hydrogen (secondary N) is 1. The highest BCUT2D eigenvalue weighted by molar-refractivity contribution is 5.54. The zero-order valence-electron chi connectivity index (χ0n) is 7.50. The van der Waals surface area contributed by atoms with Gasteiger partial charge < -0.3 is 10.1 Å². The molecule has 1 aromatic heterocycles. The molecule has 0 spiro atoms. The molecule has 1 N–H and O–H groups in total. The molecule has 0 aliphatic rings. The number of hydrogen-bond donors (Lipinski definition) is 1. The van der Waals surface area contributed by atoms with Crippen LogP contribution in [0.15, 0.2) is 18.5 Å². The van der Waals surface area contributed by atoms with Gasteiger partial charge in [-0.3, -0.25) is 4.98 Å². The van der Waals surface area contributed by atoms with Crippen molar-refractivity contribution in [2.75, 3.05) is 18.5 Å². The summed E-state index contributed by atoms with van der Waals surface area (Å²) >= 11 is 0. The van der Waals surface area contributed by atoms with Crippen LogP contribution in [0.1, 0.15) is 13.8 Å². The van der Waals surface area contributed by atoms with Crippen LogP contribution >= 0.6 is 0 Å². The van der Waals surface area contributed by atoms with Gasteiger partial charge in [0, 0.05) is 12.7 Å². The van der Waals surface area contributed by atoms with Crippen molar-refractivity contribution in [3.05, 3.63) is 18.5 Å². The summed E-state index contributed by atoms with van der Waals surface area (Å²) in [4.78, 5) is 3.98. The second-order valence-electron chi connectivity index (χ2n) is 2.34. The minimum atomic E-state index is 0.671. The normalized spacial score (nSPS) is 9.50. The first-order valence-electron chi connectivity index (χ1n) is 4.19. The highest BCUT2D eigenvalue weighted by Crippen LogP contribution is 2.21. The van der Waals surface area contributed by atoms with Gasteiger partial charge in [-0.15, -0.1) is 0 Å². The van der Waals surface area contributed by atoms with E-state index in [2.05, 4.69) is 17.2 Å². The molecule has 0 atom stereocenters. The summed E-state index contributed by atoms with van der Waals surface area (Å²) < 4.78 is 5.36. The van der Waals surface area contributed by atoms with E-state index in [9.17, 15) is 0 Å². The summed E-state index contributed by atoms with van der Waals surface area (Å²) in [6.07, 6.45) is 3.47. The van der Waals surface area contributed by atoms with Gasteiger partial charge in [0.1, 0.15) is 0 Å². The van der Waals surface area contributed by atoms with Crippen LogP contribution in [-0.2, 0) is 0 Å². The Morgan fingerprint density at radius 1 is 1.50 bits per heavy atom. The molecule has 0 aliphatic carbocycles. The Labute approximate surface area is 72.8 Å². The Balaban J connectivity index is 2.77. The van der Waals surface area contributed by atoms with E-state index in [1.807, 2.05) is 13.0 Å². The van der Waals surface area contributed by atoms with Gasteiger partial charge in [0.05, 0.1) is 18.5 Å². The molecule has 0 saturated carbocycles. The summed E-state index contributed by atoms with van der Waals surface area (Å²) in [6, 6.07) is 1.91. The predicted molar refractivity (Wildman–Crippen MR) is 49.6 cm³/mol. The first-order valence-corrected chi connectivity index (χ1v) is 4.19. The van der Waals surface area contributed by atoms with E-state index in [0.29, 0.717) is 6.61 Å². The van der Waals surface area contributed by atoms with E-state index < -0.39 is 0 Å². The Hall–Kier alpha value is -1.25. The SMILES string of the molecule is CCNc1ccncc1OCC. The molecule has 0 unspecified atom stereocenters. The molecule has 66 valence electrons. The second-order valence-corrected chi connectivity index (χ2v) is 2.34. The maximum atomic E-state index is 5.36. The van der Waals surface area contributed by atoms with E-state index >= 15 is 0 Å². The quantitative estimate of drug-likeness (QED) is 0.742. The van der Waals surface area contributed by atoms with Crippen LogP contribution in [0.3, 0.4) is 0 Å². The fourth-order valence-electron chi connectivity index (χ4n) is 0.987. The molecule has 0 radical (unpaired) electrons. The molecule has 0 amide bonds. The average Bonchev–Trinajstić information content (AvgIpc) is 2.09. The number of anilines is 1. The van der Waals surface area contributed by atoms with Crippen molar-refractivity contribution in [1.82, 2.24) is 4.98 Å². The smallest absolute Gasteiger partial charge is 0.160 e. The molecule has 3 nitrogen and oxygen atoms in total. The third kappa shape index (κ3) is 2.12. The first kappa shape index (κ1) is 8.84. The van der Waals surface area contributed by atoms with Crippen molar-refractivity contribution in [2.24, 2.45) is 0 Å². The average molecular weight is 166 g/mol. The summed E-state index contributed by atoms with van der Waals surface area (Å²) in [6.45, 7) is 5.58. The summed E-state index contributed by atoms with van der Waals surface area (Å²) in [7, 11) is 0. The van der Waals surface area contributed by atoms with Crippen LogP contribution < -0.4 is 10.1 Å². The fraction of sp³-hybridized carbons (Fsp3) is 0.444. The maximum absolute atomic E-state index is 5.36. The highest BCUT2D eigenvalue weighted by atomic mass is 16.5. The standard InChI is InChI=1S/C9H14N2O/c1-3-11-8-5-6-10-7-9(8)12-4-2/h5-7H,3-4H2,1-2H3,(H,10,11). The van der Waals surface area contributed by atoms with Crippen molar-refractivity contribution < 1.29 is 4.74 Å². The molecule has 0 bridgehead atoms. The second kappa shape index (κ2) is 4.59. The van der Waals surface area contributed by atoms with Gasteiger partial charge in [0.2, 0.25) is 0 Å². The third-order valence-electron chi connectivity index (χ3n) is 1.45. The van der Waals surface area contributed by atoms with Gasteiger partial charge in [-0.2, -0.15) is 0 Å². The summed E-state index contributed by atoms with van der Waals surface area (Å²) in [5.74, 6) is 0.821. The van der Waals surface area contributed by atoms with Crippen LogP contribution in [0.2, 0.25) is 0 Å².